The maximum absolute atomic E-state index is 9.23. The Morgan fingerprint density at radius 3 is 2.75 bits per heavy atom. The van der Waals surface area contributed by atoms with Crippen LogP contribution in [0.25, 0.3) is 22.2 Å². The highest BCUT2D eigenvalue weighted by molar-refractivity contribution is 7.99. The fourth-order valence-corrected chi connectivity index (χ4v) is 3.68. The summed E-state index contributed by atoms with van der Waals surface area (Å²) in [6, 6.07) is 13.9. The lowest BCUT2D eigenvalue weighted by Gasteiger charge is -2.19. The molecule has 0 aliphatic carbocycles. The first kappa shape index (κ1) is 11.7. The van der Waals surface area contributed by atoms with Crippen LogP contribution in [0, 0.1) is 11.3 Å². The largest absolute Gasteiger partial charge is 0.223 e. The number of hydrogen-bond donors (Lipinski definition) is 0. The number of hydrogen-bond acceptors (Lipinski definition) is 4. The van der Waals surface area contributed by atoms with Crippen LogP contribution in [0.5, 0.6) is 0 Å². The van der Waals surface area contributed by atoms with Gasteiger partial charge in [-0.3, -0.25) is 0 Å². The second-order valence-electron chi connectivity index (χ2n) is 4.39. The molecule has 0 amide bonds. The van der Waals surface area contributed by atoms with E-state index in [0.29, 0.717) is 11.1 Å². The van der Waals surface area contributed by atoms with Gasteiger partial charge in [0.25, 0.3) is 0 Å². The van der Waals surface area contributed by atoms with E-state index in [1.165, 1.54) is 0 Å². The molecule has 1 aromatic heterocycles. The van der Waals surface area contributed by atoms with Gasteiger partial charge in [-0.2, -0.15) is 5.26 Å². The molecule has 3 nitrogen and oxygen atoms in total. The third kappa shape index (κ3) is 1.54. The monoisotopic (exact) mass is 295 g/mol. The van der Waals surface area contributed by atoms with Crippen molar-refractivity contribution >= 4 is 34.3 Å². The number of nitrogens with zero attached hydrogens (tertiary/aromatic N) is 3. The molecule has 0 saturated heterocycles. The lowest BCUT2D eigenvalue weighted by molar-refractivity contribution is 1.19. The van der Waals surface area contributed by atoms with Gasteiger partial charge in [0, 0.05) is 20.7 Å². The van der Waals surface area contributed by atoms with E-state index in [0.717, 1.165) is 26.4 Å². The average Bonchev–Trinajstić information content (AvgIpc) is 2.47. The summed E-state index contributed by atoms with van der Waals surface area (Å²) < 4.78 is 0. The van der Waals surface area contributed by atoms with Crippen molar-refractivity contribution in [2.24, 2.45) is 0 Å². The van der Waals surface area contributed by atoms with Crippen LogP contribution >= 0.6 is 23.4 Å². The Morgan fingerprint density at radius 2 is 1.90 bits per heavy atom. The minimum absolute atomic E-state index is 0.169. The van der Waals surface area contributed by atoms with Gasteiger partial charge in [-0.15, -0.1) is 0 Å². The summed E-state index contributed by atoms with van der Waals surface area (Å²) in [7, 11) is 0. The van der Waals surface area contributed by atoms with E-state index in [2.05, 4.69) is 22.1 Å². The first-order valence-corrected chi connectivity index (χ1v) is 7.15. The number of fused-ring (bicyclic) bond motifs is 2. The summed E-state index contributed by atoms with van der Waals surface area (Å²) in [6.07, 6.45) is 0. The zero-order valence-corrected chi connectivity index (χ0v) is 11.7. The Labute approximate surface area is 124 Å². The molecular weight excluding hydrogens is 290 g/mol. The van der Waals surface area contributed by atoms with Gasteiger partial charge >= 0.3 is 0 Å². The molecule has 0 bridgehead atoms. The molecule has 2 heterocycles. The first-order valence-electron chi connectivity index (χ1n) is 5.95. The van der Waals surface area contributed by atoms with Gasteiger partial charge in [0.1, 0.15) is 6.07 Å². The van der Waals surface area contributed by atoms with E-state index in [4.69, 9.17) is 11.6 Å². The Balaban J connectivity index is 2.23. The predicted octanol–water partition coefficient (Wildman–Crippen LogP) is 4.29. The van der Waals surface area contributed by atoms with Crippen LogP contribution in [0.1, 0.15) is 5.56 Å². The smallest absolute Gasteiger partial charge is 0.217 e. The minimum Gasteiger partial charge on any atom is -0.217 e. The maximum atomic E-state index is 9.23. The van der Waals surface area contributed by atoms with E-state index >= 15 is 0 Å². The summed E-state index contributed by atoms with van der Waals surface area (Å²) in [5.74, 6) is 0. The number of halogens is 1. The third-order valence-corrected chi connectivity index (χ3v) is 4.57. The molecule has 94 valence electrons. The topological polar surface area (TPSA) is 49.6 Å². The van der Waals surface area contributed by atoms with Crippen LogP contribution in [0.2, 0.25) is 5.28 Å². The molecule has 4 rings (SSSR count). The average molecular weight is 296 g/mol. The lowest BCUT2D eigenvalue weighted by atomic mass is 10.0. The van der Waals surface area contributed by atoms with Crippen LogP contribution in [0.15, 0.2) is 46.2 Å². The molecule has 0 N–H and O–H groups in total. The summed E-state index contributed by atoms with van der Waals surface area (Å²) in [5, 5.41) is 10.3. The number of nitriles is 1. The number of rotatable bonds is 0. The fourth-order valence-electron chi connectivity index (χ4n) is 2.42. The normalized spacial score (nSPS) is 12.0. The van der Waals surface area contributed by atoms with Crippen molar-refractivity contribution in [2.45, 2.75) is 9.79 Å². The van der Waals surface area contributed by atoms with E-state index in [9.17, 15) is 5.26 Å². The minimum atomic E-state index is 0.169. The van der Waals surface area contributed by atoms with E-state index in [1.54, 1.807) is 17.8 Å². The van der Waals surface area contributed by atoms with Gasteiger partial charge in [-0.25, -0.2) is 9.97 Å². The molecule has 0 unspecified atom stereocenters. The van der Waals surface area contributed by atoms with Gasteiger partial charge in [-0.1, -0.05) is 30.0 Å². The Kier molecular flexibility index (Phi) is 2.46. The van der Waals surface area contributed by atoms with Gasteiger partial charge in [0.05, 0.1) is 16.8 Å². The zero-order chi connectivity index (χ0) is 13.7. The molecule has 1 aliphatic rings. The molecule has 0 saturated carbocycles. The molecule has 0 radical (unpaired) electrons. The van der Waals surface area contributed by atoms with Crippen LogP contribution in [-0.2, 0) is 0 Å². The van der Waals surface area contributed by atoms with Crippen molar-refractivity contribution in [2.75, 3.05) is 0 Å². The van der Waals surface area contributed by atoms with Crippen LogP contribution in [0.3, 0.4) is 0 Å². The standard InChI is InChI=1S/C15H6ClN3S/c16-15-18-13-8(7-17)5-6-11-12(13)14(19-15)9-3-1-2-4-10(9)20-11/h1-6H. The van der Waals surface area contributed by atoms with Crippen molar-refractivity contribution in [1.82, 2.24) is 9.97 Å². The van der Waals surface area contributed by atoms with Crippen molar-refractivity contribution in [1.29, 1.82) is 5.26 Å². The summed E-state index contributed by atoms with van der Waals surface area (Å²) in [6.45, 7) is 0. The molecule has 5 heteroatoms. The molecule has 0 atom stereocenters. The Bertz CT molecular complexity index is 915. The van der Waals surface area contributed by atoms with Gasteiger partial charge < -0.3 is 0 Å². The first-order chi connectivity index (χ1) is 9.78. The molecule has 3 aromatic rings. The van der Waals surface area contributed by atoms with Crippen LogP contribution < -0.4 is 0 Å². The van der Waals surface area contributed by atoms with E-state index in [-0.39, 0.29) is 5.28 Å². The summed E-state index contributed by atoms with van der Waals surface area (Å²) in [5.41, 5.74) is 2.99. The molecule has 20 heavy (non-hydrogen) atoms. The highest BCUT2D eigenvalue weighted by atomic mass is 35.5. The molecule has 0 fully saturated rings. The lowest BCUT2D eigenvalue weighted by Crippen LogP contribution is -1.99. The van der Waals surface area contributed by atoms with E-state index in [1.807, 2.05) is 24.3 Å². The van der Waals surface area contributed by atoms with Crippen molar-refractivity contribution in [3.8, 4) is 17.3 Å². The van der Waals surface area contributed by atoms with Crippen molar-refractivity contribution in [3.63, 3.8) is 0 Å². The predicted molar refractivity (Wildman–Crippen MR) is 78.8 cm³/mol. The quantitative estimate of drug-likeness (QED) is 0.454. The Morgan fingerprint density at radius 1 is 1.05 bits per heavy atom. The number of aromatic nitrogens is 2. The van der Waals surface area contributed by atoms with Crippen molar-refractivity contribution < 1.29 is 0 Å². The Hall–Kier alpha value is -2.09. The summed E-state index contributed by atoms with van der Waals surface area (Å²) >= 11 is 7.70. The molecule has 2 aromatic carbocycles. The second-order valence-corrected chi connectivity index (χ2v) is 5.81. The summed E-state index contributed by atoms with van der Waals surface area (Å²) in [4.78, 5) is 10.8. The molecule has 0 spiro atoms. The number of benzene rings is 2. The SMILES string of the molecule is N#Cc1ccc2c3c(nc(Cl)nc13)-c1ccccc1S2. The maximum Gasteiger partial charge on any atom is 0.223 e. The van der Waals surface area contributed by atoms with Gasteiger partial charge in [0.15, 0.2) is 0 Å². The third-order valence-electron chi connectivity index (χ3n) is 3.27. The second kappa shape index (κ2) is 4.20. The molecular formula is C15H6ClN3S. The van der Waals surface area contributed by atoms with E-state index < -0.39 is 0 Å². The van der Waals surface area contributed by atoms with Gasteiger partial charge in [0.2, 0.25) is 5.28 Å². The van der Waals surface area contributed by atoms with Gasteiger partial charge in [-0.05, 0) is 29.8 Å². The van der Waals surface area contributed by atoms with Crippen molar-refractivity contribution in [3.05, 3.63) is 47.2 Å². The highest BCUT2D eigenvalue weighted by Gasteiger charge is 2.22. The highest BCUT2D eigenvalue weighted by Crippen LogP contribution is 2.47. The van der Waals surface area contributed by atoms with Crippen LogP contribution in [-0.4, -0.2) is 9.97 Å². The zero-order valence-electron chi connectivity index (χ0n) is 10.1. The molecule has 1 aliphatic heterocycles. The van der Waals surface area contributed by atoms with Crippen LogP contribution in [0.4, 0.5) is 0 Å². The fraction of sp³-hybridized carbons (Fsp3) is 0.